The zero-order valence-electron chi connectivity index (χ0n) is 12.9. The van der Waals surface area contributed by atoms with Crippen molar-refractivity contribution in [3.63, 3.8) is 0 Å². The summed E-state index contributed by atoms with van der Waals surface area (Å²) in [5.41, 5.74) is 0. The first-order chi connectivity index (χ1) is 10.1. The molecule has 1 N–H and O–H groups in total. The van der Waals surface area contributed by atoms with Crippen molar-refractivity contribution in [2.45, 2.75) is 32.9 Å². The summed E-state index contributed by atoms with van der Waals surface area (Å²) in [6, 6.07) is 0.237. The molecule has 1 unspecified atom stereocenters. The molecule has 0 saturated carbocycles. The number of nitrogens with zero attached hydrogens (tertiary/aromatic N) is 5. The monoisotopic (exact) mass is 295 g/mol. The topological polar surface area (TPSA) is 74.5 Å². The fourth-order valence-electron chi connectivity index (χ4n) is 2.80. The van der Waals surface area contributed by atoms with Crippen LogP contribution in [0.5, 0.6) is 0 Å². The van der Waals surface area contributed by atoms with E-state index in [2.05, 4.69) is 28.9 Å². The summed E-state index contributed by atoms with van der Waals surface area (Å²) in [5.74, 6) is 0.625. The summed E-state index contributed by atoms with van der Waals surface area (Å²) in [6.07, 6.45) is 3.85. The van der Waals surface area contributed by atoms with Crippen molar-refractivity contribution in [1.82, 2.24) is 24.8 Å². The fourth-order valence-corrected chi connectivity index (χ4v) is 2.80. The van der Waals surface area contributed by atoms with E-state index < -0.39 is 0 Å². The van der Waals surface area contributed by atoms with E-state index in [1.54, 1.807) is 12.4 Å². The number of hydrogen-bond donors (Lipinski definition) is 1. The number of aromatic nitrogens is 3. The standard InChI is InChI=1S/C14H25N5O2/c1-12(2)9-17-6-7-18(10-13(17)3-8-20)14(21)11-19-15-4-5-16-19/h4-5,12-13,20H,3,6-11H2,1-2H3. The Morgan fingerprint density at radius 3 is 2.67 bits per heavy atom. The second kappa shape index (κ2) is 7.51. The van der Waals surface area contributed by atoms with Crippen molar-refractivity contribution in [3.8, 4) is 0 Å². The van der Waals surface area contributed by atoms with Crippen molar-refractivity contribution in [2.75, 3.05) is 32.8 Å². The third-order valence-electron chi connectivity index (χ3n) is 3.76. The summed E-state index contributed by atoms with van der Waals surface area (Å²) >= 11 is 0. The van der Waals surface area contributed by atoms with Crippen LogP contribution in [0.15, 0.2) is 12.4 Å². The molecule has 1 amide bonds. The van der Waals surface area contributed by atoms with Crippen LogP contribution in [0.1, 0.15) is 20.3 Å². The molecule has 0 radical (unpaired) electrons. The lowest BCUT2D eigenvalue weighted by Gasteiger charge is -2.42. The van der Waals surface area contributed by atoms with Crippen LogP contribution >= 0.6 is 0 Å². The Kier molecular flexibility index (Phi) is 5.69. The summed E-state index contributed by atoms with van der Waals surface area (Å²) in [4.78, 5) is 17.9. The Morgan fingerprint density at radius 1 is 1.33 bits per heavy atom. The molecule has 118 valence electrons. The molecule has 0 aliphatic carbocycles. The van der Waals surface area contributed by atoms with E-state index in [4.69, 9.17) is 0 Å². The average Bonchev–Trinajstić information content (AvgIpc) is 2.93. The van der Waals surface area contributed by atoms with E-state index in [1.807, 2.05) is 4.90 Å². The number of piperazine rings is 1. The minimum Gasteiger partial charge on any atom is -0.396 e. The molecule has 1 aromatic heterocycles. The Balaban J connectivity index is 1.92. The summed E-state index contributed by atoms with van der Waals surface area (Å²) < 4.78 is 0. The third kappa shape index (κ3) is 4.50. The third-order valence-corrected chi connectivity index (χ3v) is 3.76. The number of amides is 1. The van der Waals surface area contributed by atoms with Crippen LogP contribution in [0, 0.1) is 5.92 Å². The Hall–Kier alpha value is -1.47. The second-order valence-corrected chi connectivity index (χ2v) is 5.95. The average molecular weight is 295 g/mol. The predicted molar refractivity (Wildman–Crippen MR) is 78.5 cm³/mol. The first-order valence-electron chi connectivity index (χ1n) is 7.57. The van der Waals surface area contributed by atoms with Gasteiger partial charge in [0, 0.05) is 38.8 Å². The van der Waals surface area contributed by atoms with E-state index in [0.29, 0.717) is 18.9 Å². The van der Waals surface area contributed by atoms with Gasteiger partial charge in [-0.25, -0.2) is 0 Å². The number of carbonyl (C=O) groups is 1. The van der Waals surface area contributed by atoms with Gasteiger partial charge in [0.25, 0.3) is 0 Å². The highest BCUT2D eigenvalue weighted by molar-refractivity contribution is 5.75. The maximum atomic E-state index is 12.3. The minimum absolute atomic E-state index is 0.0401. The van der Waals surface area contributed by atoms with E-state index in [0.717, 1.165) is 19.6 Å². The van der Waals surface area contributed by atoms with Crippen molar-refractivity contribution in [3.05, 3.63) is 12.4 Å². The predicted octanol–water partition coefficient (Wildman–Crippen LogP) is -0.171. The molecule has 21 heavy (non-hydrogen) atoms. The van der Waals surface area contributed by atoms with E-state index in [9.17, 15) is 9.90 Å². The van der Waals surface area contributed by atoms with Gasteiger partial charge in [-0.15, -0.1) is 0 Å². The number of rotatable bonds is 6. The van der Waals surface area contributed by atoms with Gasteiger partial charge in [0.1, 0.15) is 6.54 Å². The lowest BCUT2D eigenvalue weighted by Crippen LogP contribution is -2.56. The van der Waals surface area contributed by atoms with Gasteiger partial charge in [-0.1, -0.05) is 13.8 Å². The summed E-state index contributed by atoms with van der Waals surface area (Å²) in [6.45, 7) is 8.00. The molecular weight excluding hydrogens is 270 g/mol. The molecule has 1 fully saturated rings. The van der Waals surface area contributed by atoms with Gasteiger partial charge in [-0.2, -0.15) is 15.0 Å². The van der Waals surface area contributed by atoms with Gasteiger partial charge < -0.3 is 10.0 Å². The first kappa shape index (κ1) is 15.9. The van der Waals surface area contributed by atoms with E-state index >= 15 is 0 Å². The highest BCUT2D eigenvalue weighted by Crippen LogP contribution is 2.15. The summed E-state index contributed by atoms with van der Waals surface area (Å²) in [5, 5.41) is 17.2. The molecule has 0 aromatic carbocycles. The van der Waals surface area contributed by atoms with Gasteiger partial charge in [0.05, 0.1) is 12.4 Å². The molecule has 7 heteroatoms. The molecule has 7 nitrogen and oxygen atoms in total. The van der Waals surface area contributed by atoms with Crippen molar-refractivity contribution < 1.29 is 9.90 Å². The van der Waals surface area contributed by atoms with Crippen LogP contribution in [0.25, 0.3) is 0 Å². The molecule has 2 heterocycles. The largest absolute Gasteiger partial charge is 0.396 e. The number of carbonyl (C=O) groups excluding carboxylic acids is 1. The van der Waals surface area contributed by atoms with Crippen LogP contribution in [0.3, 0.4) is 0 Å². The normalized spacial score (nSPS) is 20.2. The molecule has 1 aliphatic heterocycles. The molecule has 1 atom stereocenters. The number of aliphatic hydroxyl groups is 1. The van der Waals surface area contributed by atoms with Crippen LogP contribution < -0.4 is 0 Å². The highest BCUT2D eigenvalue weighted by atomic mass is 16.3. The fraction of sp³-hybridized carbons (Fsp3) is 0.786. The van der Waals surface area contributed by atoms with Gasteiger partial charge >= 0.3 is 0 Å². The minimum atomic E-state index is 0.0401. The Morgan fingerprint density at radius 2 is 2.05 bits per heavy atom. The lowest BCUT2D eigenvalue weighted by atomic mass is 10.1. The first-order valence-corrected chi connectivity index (χ1v) is 7.57. The van der Waals surface area contributed by atoms with Gasteiger partial charge in [-0.3, -0.25) is 9.69 Å². The van der Waals surface area contributed by atoms with Gasteiger partial charge in [-0.05, 0) is 12.3 Å². The zero-order chi connectivity index (χ0) is 15.2. The molecule has 1 saturated heterocycles. The number of hydrogen-bond acceptors (Lipinski definition) is 5. The maximum Gasteiger partial charge on any atom is 0.246 e. The van der Waals surface area contributed by atoms with E-state index in [-0.39, 0.29) is 25.1 Å². The molecule has 0 bridgehead atoms. The van der Waals surface area contributed by atoms with Crippen LogP contribution in [0.4, 0.5) is 0 Å². The quantitative estimate of drug-likeness (QED) is 0.788. The maximum absolute atomic E-state index is 12.3. The molecule has 1 aromatic rings. The van der Waals surface area contributed by atoms with Crippen molar-refractivity contribution >= 4 is 5.91 Å². The number of aliphatic hydroxyl groups excluding tert-OH is 1. The SMILES string of the molecule is CC(C)CN1CCN(C(=O)Cn2nccn2)CC1CCO. The van der Waals surface area contributed by atoms with E-state index in [1.165, 1.54) is 4.80 Å². The molecule has 0 spiro atoms. The Labute approximate surface area is 125 Å². The van der Waals surface area contributed by atoms with Gasteiger partial charge in [0.15, 0.2) is 0 Å². The smallest absolute Gasteiger partial charge is 0.246 e. The molecule has 2 rings (SSSR count). The lowest BCUT2D eigenvalue weighted by molar-refractivity contribution is -0.135. The molecule has 1 aliphatic rings. The Bertz CT molecular complexity index is 435. The zero-order valence-corrected chi connectivity index (χ0v) is 12.9. The van der Waals surface area contributed by atoms with Crippen molar-refractivity contribution in [2.24, 2.45) is 5.92 Å². The van der Waals surface area contributed by atoms with Gasteiger partial charge in [0.2, 0.25) is 5.91 Å². The van der Waals surface area contributed by atoms with Crippen molar-refractivity contribution in [1.29, 1.82) is 0 Å². The van der Waals surface area contributed by atoms with Crippen LogP contribution in [-0.2, 0) is 11.3 Å². The molecular formula is C14H25N5O2. The van der Waals surface area contributed by atoms with Crippen LogP contribution in [0.2, 0.25) is 0 Å². The second-order valence-electron chi connectivity index (χ2n) is 5.95. The highest BCUT2D eigenvalue weighted by Gasteiger charge is 2.29. The van der Waals surface area contributed by atoms with Crippen LogP contribution in [-0.4, -0.2) is 74.6 Å². The summed E-state index contributed by atoms with van der Waals surface area (Å²) in [7, 11) is 0.